The molecule has 2 atom stereocenters. The summed E-state index contributed by atoms with van der Waals surface area (Å²) in [6.07, 6.45) is 3.49. The standard InChI is InChI=1S/C10H19N5/c1-3-8(2)15-10(12-13-14-15)9-5-4-6-11-7-9/h8-9,11H,3-7H2,1-2H3. The predicted octanol–water partition coefficient (Wildman–Crippen LogP) is 1.11. The molecule has 0 saturated carbocycles. The van der Waals surface area contributed by atoms with Crippen molar-refractivity contribution in [3.8, 4) is 0 Å². The van der Waals surface area contributed by atoms with Crippen LogP contribution in [-0.2, 0) is 0 Å². The minimum absolute atomic E-state index is 0.400. The molecule has 0 amide bonds. The van der Waals surface area contributed by atoms with E-state index >= 15 is 0 Å². The van der Waals surface area contributed by atoms with Crippen LogP contribution in [0.2, 0.25) is 0 Å². The van der Waals surface area contributed by atoms with Gasteiger partial charge in [0.25, 0.3) is 0 Å². The Morgan fingerprint density at radius 1 is 1.60 bits per heavy atom. The number of nitrogens with zero attached hydrogens (tertiary/aromatic N) is 4. The summed E-state index contributed by atoms with van der Waals surface area (Å²) in [5.41, 5.74) is 0. The normalized spacial score (nSPS) is 24.0. The highest BCUT2D eigenvalue weighted by atomic mass is 15.5. The van der Waals surface area contributed by atoms with E-state index < -0.39 is 0 Å². The van der Waals surface area contributed by atoms with Gasteiger partial charge in [0.15, 0.2) is 5.82 Å². The topological polar surface area (TPSA) is 55.6 Å². The number of hydrogen-bond donors (Lipinski definition) is 1. The molecule has 2 rings (SSSR count). The third kappa shape index (κ3) is 2.17. The van der Waals surface area contributed by atoms with E-state index in [1.165, 1.54) is 12.8 Å². The average Bonchev–Trinajstić information content (AvgIpc) is 2.78. The molecule has 1 N–H and O–H groups in total. The maximum Gasteiger partial charge on any atom is 0.155 e. The van der Waals surface area contributed by atoms with Crippen LogP contribution in [0.15, 0.2) is 0 Å². The van der Waals surface area contributed by atoms with Gasteiger partial charge in [0, 0.05) is 12.5 Å². The minimum Gasteiger partial charge on any atom is -0.316 e. The van der Waals surface area contributed by atoms with Crippen molar-refractivity contribution in [1.29, 1.82) is 0 Å². The van der Waals surface area contributed by atoms with Gasteiger partial charge >= 0.3 is 0 Å². The molecular formula is C10H19N5. The van der Waals surface area contributed by atoms with Gasteiger partial charge in [-0.25, -0.2) is 4.68 Å². The molecule has 1 saturated heterocycles. The Labute approximate surface area is 90.2 Å². The smallest absolute Gasteiger partial charge is 0.155 e. The van der Waals surface area contributed by atoms with Crippen molar-refractivity contribution in [3.05, 3.63) is 5.82 Å². The number of piperidine rings is 1. The van der Waals surface area contributed by atoms with Crippen molar-refractivity contribution in [2.45, 2.75) is 45.1 Å². The fourth-order valence-electron chi connectivity index (χ4n) is 2.03. The summed E-state index contributed by atoms with van der Waals surface area (Å²) in [6, 6.07) is 0.400. The first-order chi connectivity index (χ1) is 7.33. The van der Waals surface area contributed by atoms with Crippen LogP contribution in [0.25, 0.3) is 0 Å². The molecular weight excluding hydrogens is 190 g/mol. The molecule has 0 aliphatic carbocycles. The van der Waals surface area contributed by atoms with E-state index in [1.54, 1.807) is 0 Å². The lowest BCUT2D eigenvalue weighted by atomic mass is 9.98. The van der Waals surface area contributed by atoms with Crippen LogP contribution in [0.1, 0.15) is 50.9 Å². The maximum atomic E-state index is 4.17. The van der Waals surface area contributed by atoms with Gasteiger partial charge in [-0.15, -0.1) is 5.10 Å². The molecule has 5 heteroatoms. The molecule has 5 nitrogen and oxygen atoms in total. The molecule has 0 bridgehead atoms. The lowest BCUT2D eigenvalue weighted by Crippen LogP contribution is -2.30. The van der Waals surface area contributed by atoms with Gasteiger partial charge in [0.1, 0.15) is 0 Å². The summed E-state index contributed by atoms with van der Waals surface area (Å²) in [6.45, 7) is 6.46. The second-order valence-corrected chi connectivity index (χ2v) is 4.28. The van der Waals surface area contributed by atoms with Crippen LogP contribution in [0.5, 0.6) is 0 Å². The highest BCUT2D eigenvalue weighted by Gasteiger charge is 2.22. The third-order valence-corrected chi connectivity index (χ3v) is 3.19. The molecule has 0 spiro atoms. The van der Waals surface area contributed by atoms with Crippen molar-refractivity contribution < 1.29 is 0 Å². The monoisotopic (exact) mass is 209 g/mol. The van der Waals surface area contributed by atoms with Crippen LogP contribution in [0.4, 0.5) is 0 Å². The number of aromatic nitrogens is 4. The Balaban J connectivity index is 2.15. The van der Waals surface area contributed by atoms with Gasteiger partial charge in [-0.05, 0) is 43.2 Å². The molecule has 84 valence electrons. The van der Waals surface area contributed by atoms with E-state index in [4.69, 9.17) is 0 Å². The Morgan fingerprint density at radius 3 is 3.13 bits per heavy atom. The number of tetrazole rings is 1. The lowest BCUT2D eigenvalue weighted by Gasteiger charge is -2.23. The molecule has 2 unspecified atom stereocenters. The zero-order chi connectivity index (χ0) is 10.7. The largest absolute Gasteiger partial charge is 0.316 e. The van der Waals surface area contributed by atoms with Gasteiger partial charge in [-0.1, -0.05) is 6.92 Å². The van der Waals surface area contributed by atoms with E-state index in [0.717, 1.165) is 25.3 Å². The molecule has 1 aliphatic rings. The first kappa shape index (κ1) is 10.5. The molecule has 1 aliphatic heterocycles. The fraction of sp³-hybridized carbons (Fsp3) is 0.900. The first-order valence-corrected chi connectivity index (χ1v) is 5.81. The Bertz CT molecular complexity index is 303. The Morgan fingerprint density at radius 2 is 2.47 bits per heavy atom. The summed E-state index contributed by atoms with van der Waals surface area (Å²) >= 11 is 0. The summed E-state index contributed by atoms with van der Waals surface area (Å²) in [7, 11) is 0. The molecule has 1 aromatic rings. The molecule has 1 fully saturated rings. The van der Waals surface area contributed by atoms with Crippen LogP contribution < -0.4 is 5.32 Å². The minimum atomic E-state index is 0.400. The number of nitrogens with one attached hydrogen (secondary N) is 1. The molecule has 2 heterocycles. The van der Waals surface area contributed by atoms with E-state index in [-0.39, 0.29) is 0 Å². The molecule has 0 radical (unpaired) electrons. The SMILES string of the molecule is CCC(C)n1nnnc1C1CCCNC1. The van der Waals surface area contributed by atoms with Crippen LogP contribution in [0.3, 0.4) is 0 Å². The highest BCUT2D eigenvalue weighted by Crippen LogP contribution is 2.23. The summed E-state index contributed by atoms with van der Waals surface area (Å²) in [5, 5.41) is 15.5. The van der Waals surface area contributed by atoms with Crippen LogP contribution in [-0.4, -0.2) is 33.3 Å². The third-order valence-electron chi connectivity index (χ3n) is 3.19. The highest BCUT2D eigenvalue weighted by molar-refractivity contribution is 4.97. The molecule has 15 heavy (non-hydrogen) atoms. The summed E-state index contributed by atoms with van der Waals surface area (Å²) in [4.78, 5) is 0. The van der Waals surface area contributed by atoms with Gasteiger partial charge in [-0.3, -0.25) is 0 Å². The van der Waals surface area contributed by atoms with E-state index in [9.17, 15) is 0 Å². The zero-order valence-corrected chi connectivity index (χ0v) is 9.48. The van der Waals surface area contributed by atoms with Crippen molar-refractivity contribution in [3.63, 3.8) is 0 Å². The quantitative estimate of drug-likeness (QED) is 0.810. The summed E-state index contributed by atoms with van der Waals surface area (Å²) in [5.74, 6) is 1.54. The second kappa shape index (κ2) is 4.70. The lowest BCUT2D eigenvalue weighted by molar-refractivity contribution is 0.391. The maximum absolute atomic E-state index is 4.17. The van der Waals surface area contributed by atoms with Gasteiger partial charge in [0.2, 0.25) is 0 Å². The fourth-order valence-corrected chi connectivity index (χ4v) is 2.03. The Hall–Kier alpha value is -0.970. The van der Waals surface area contributed by atoms with Gasteiger partial charge in [0.05, 0.1) is 6.04 Å². The van der Waals surface area contributed by atoms with Gasteiger partial charge in [-0.2, -0.15) is 0 Å². The van der Waals surface area contributed by atoms with Crippen LogP contribution in [0, 0.1) is 0 Å². The zero-order valence-electron chi connectivity index (χ0n) is 9.48. The first-order valence-electron chi connectivity index (χ1n) is 5.81. The van der Waals surface area contributed by atoms with Gasteiger partial charge < -0.3 is 5.32 Å². The van der Waals surface area contributed by atoms with Crippen molar-refractivity contribution in [2.24, 2.45) is 0 Å². The molecule has 0 aromatic carbocycles. The van der Waals surface area contributed by atoms with Crippen molar-refractivity contribution in [2.75, 3.05) is 13.1 Å². The van der Waals surface area contributed by atoms with Crippen molar-refractivity contribution >= 4 is 0 Å². The molecule has 1 aromatic heterocycles. The average molecular weight is 209 g/mol. The number of hydrogen-bond acceptors (Lipinski definition) is 4. The Kier molecular flexibility index (Phi) is 3.30. The second-order valence-electron chi connectivity index (χ2n) is 4.28. The van der Waals surface area contributed by atoms with E-state index in [0.29, 0.717) is 12.0 Å². The number of rotatable bonds is 3. The van der Waals surface area contributed by atoms with Crippen LogP contribution >= 0.6 is 0 Å². The van der Waals surface area contributed by atoms with Crippen molar-refractivity contribution in [1.82, 2.24) is 25.5 Å². The summed E-state index contributed by atoms with van der Waals surface area (Å²) < 4.78 is 1.98. The van der Waals surface area contributed by atoms with E-state index in [2.05, 4.69) is 34.7 Å². The predicted molar refractivity (Wildman–Crippen MR) is 57.7 cm³/mol. The van der Waals surface area contributed by atoms with E-state index in [1.807, 2.05) is 4.68 Å².